The van der Waals surface area contributed by atoms with Crippen LogP contribution < -0.4 is 0 Å². The number of ether oxygens (including phenoxy) is 4. The summed E-state index contributed by atoms with van der Waals surface area (Å²) in [5.41, 5.74) is 0.335. The molecule has 1 aliphatic heterocycles. The number of rotatable bonds is 6. The molecule has 0 amide bonds. The average Bonchev–Trinajstić information content (AvgIpc) is 3.01. The highest BCUT2D eigenvalue weighted by Gasteiger charge is 2.47. The zero-order chi connectivity index (χ0) is 17.7. The molecule has 1 fully saturated rings. The van der Waals surface area contributed by atoms with Crippen molar-refractivity contribution in [3.05, 3.63) is 39.9 Å². The predicted molar refractivity (Wildman–Crippen MR) is 78.8 cm³/mol. The van der Waals surface area contributed by atoms with Crippen LogP contribution in [0.4, 0.5) is 5.69 Å². The normalized spacial score (nSPS) is 20.6. The van der Waals surface area contributed by atoms with Crippen molar-refractivity contribution in [3.63, 3.8) is 0 Å². The first-order valence-corrected chi connectivity index (χ1v) is 7.36. The highest BCUT2D eigenvalue weighted by atomic mass is 16.8. The van der Waals surface area contributed by atoms with Crippen molar-refractivity contribution in [2.45, 2.75) is 32.3 Å². The summed E-state index contributed by atoms with van der Waals surface area (Å²) in [6.45, 7) is 3.49. The Labute approximate surface area is 137 Å². The van der Waals surface area contributed by atoms with Crippen LogP contribution in [0.1, 0.15) is 25.7 Å². The molecule has 1 saturated heterocycles. The van der Waals surface area contributed by atoms with Crippen molar-refractivity contribution in [3.8, 4) is 0 Å². The third-order valence-electron chi connectivity index (χ3n) is 3.23. The summed E-state index contributed by atoms with van der Waals surface area (Å²) in [5, 5.41) is 10.7. The molecule has 0 spiro atoms. The predicted octanol–water partition coefficient (Wildman–Crippen LogP) is 1.50. The second-order valence-corrected chi connectivity index (χ2v) is 4.80. The van der Waals surface area contributed by atoms with Crippen molar-refractivity contribution in [2.24, 2.45) is 0 Å². The lowest BCUT2D eigenvalue weighted by Crippen LogP contribution is -2.39. The van der Waals surface area contributed by atoms with Crippen LogP contribution in [-0.4, -0.2) is 42.3 Å². The van der Waals surface area contributed by atoms with E-state index in [-0.39, 0.29) is 18.9 Å². The van der Waals surface area contributed by atoms with E-state index in [1.165, 1.54) is 24.3 Å². The minimum Gasteiger partial charge on any atom is -0.464 e. The number of benzene rings is 1. The topological polar surface area (TPSA) is 114 Å². The van der Waals surface area contributed by atoms with Gasteiger partial charge in [-0.2, -0.15) is 0 Å². The molecule has 0 aromatic heterocycles. The van der Waals surface area contributed by atoms with E-state index in [9.17, 15) is 19.7 Å². The zero-order valence-electron chi connectivity index (χ0n) is 13.2. The van der Waals surface area contributed by atoms with E-state index in [2.05, 4.69) is 0 Å². The number of nitro benzene ring substituents is 1. The number of carbonyl (C=O) groups excluding carboxylic acids is 2. The summed E-state index contributed by atoms with van der Waals surface area (Å²) in [6, 6.07) is 5.41. The molecule has 0 radical (unpaired) electrons. The second-order valence-electron chi connectivity index (χ2n) is 4.80. The summed E-state index contributed by atoms with van der Waals surface area (Å²) in [5.74, 6) is -1.47. The maximum atomic E-state index is 12.0. The molecule has 2 atom stereocenters. The van der Waals surface area contributed by atoms with E-state index in [0.29, 0.717) is 5.56 Å². The van der Waals surface area contributed by atoms with Gasteiger partial charge in [0.25, 0.3) is 5.69 Å². The van der Waals surface area contributed by atoms with Gasteiger partial charge in [-0.1, -0.05) is 0 Å². The first kappa shape index (κ1) is 17.8. The molecule has 9 nitrogen and oxygen atoms in total. The highest BCUT2D eigenvalue weighted by molar-refractivity contribution is 5.86. The van der Waals surface area contributed by atoms with Crippen LogP contribution in [0.15, 0.2) is 24.3 Å². The van der Waals surface area contributed by atoms with Gasteiger partial charge in [0.1, 0.15) is 0 Å². The molecule has 2 rings (SSSR count). The van der Waals surface area contributed by atoms with Gasteiger partial charge in [0.15, 0.2) is 18.5 Å². The lowest BCUT2D eigenvalue weighted by molar-refractivity contribution is -0.384. The molecule has 0 saturated carbocycles. The molecule has 0 N–H and O–H groups in total. The van der Waals surface area contributed by atoms with E-state index >= 15 is 0 Å². The van der Waals surface area contributed by atoms with E-state index in [1.54, 1.807) is 13.8 Å². The monoisotopic (exact) mass is 339 g/mol. The quantitative estimate of drug-likeness (QED) is 0.435. The standard InChI is InChI=1S/C15H17NO8/c1-3-21-13(17)11-12(14(18)22-4-2)24-15(23-11)9-5-7-10(8-6-9)16(19)20/h5-8,11-12,15H,3-4H2,1-2H3/t11-,12-/m1/s1. The van der Waals surface area contributed by atoms with Crippen LogP contribution in [0.2, 0.25) is 0 Å². The lowest BCUT2D eigenvalue weighted by Gasteiger charge is -2.13. The lowest BCUT2D eigenvalue weighted by atomic mass is 10.2. The third-order valence-corrected chi connectivity index (χ3v) is 3.23. The summed E-state index contributed by atoms with van der Waals surface area (Å²) in [6.07, 6.45) is -3.55. The Kier molecular flexibility index (Phi) is 5.83. The van der Waals surface area contributed by atoms with Crippen molar-refractivity contribution < 1.29 is 33.5 Å². The number of nitro groups is 1. The van der Waals surface area contributed by atoms with Crippen LogP contribution in [0.3, 0.4) is 0 Å². The fourth-order valence-corrected chi connectivity index (χ4v) is 2.16. The molecule has 0 aliphatic carbocycles. The number of esters is 2. The molecule has 0 bridgehead atoms. The first-order valence-electron chi connectivity index (χ1n) is 7.36. The molecule has 9 heteroatoms. The number of carbonyl (C=O) groups is 2. The molecule has 130 valence electrons. The van der Waals surface area contributed by atoms with Crippen LogP contribution in [0.5, 0.6) is 0 Å². The van der Waals surface area contributed by atoms with Crippen molar-refractivity contribution >= 4 is 17.6 Å². The summed E-state index contributed by atoms with van der Waals surface area (Å²) in [4.78, 5) is 34.1. The van der Waals surface area contributed by atoms with Crippen molar-refractivity contribution in [2.75, 3.05) is 13.2 Å². The maximum Gasteiger partial charge on any atom is 0.338 e. The van der Waals surface area contributed by atoms with Crippen LogP contribution >= 0.6 is 0 Å². The molecular formula is C15H17NO8. The molecule has 1 aliphatic rings. The Balaban J connectivity index is 2.19. The van der Waals surface area contributed by atoms with Crippen molar-refractivity contribution in [1.29, 1.82) is 0 Å². The Morgan fingerprint density at radius 3 is 1.88 bits per heavy atom. The molecular weight excluding hydrogens is 322 g/mol. The summed E-state index contributed by atoms with van der Waals surface area (Å²) in [7, 11) is 0. The molecule has 1 aromatic carbocycles. The fraction of sp³-hybridized carbons (Fsp3) is 0.467. The van der Waals surface area contributed by atoms with Crippen LogP contribution in [0.25, 0.3) is 0 Å². The van der Waals surface area contributed by atoms with Crippen molar-refractivity contribution in [1.82, 2.24) is 0 Å². The molecule has 0 unspecified atom stereocenters. The van der Waals surface area contributed by atoms with Gasteiger partial charge in [-0.05, 0) is 26.0 Å². The smallest absolute Gasteiger partial charge is 0.338 e. The van der Waals surface area contributed by atoms with Gasteiger partial charge in [0, 0.05) is 17.7 Å². The number of hydrogen-bond acceptors (Lipinski definition) is 8. The molecule has 1 aromatic rings. The van der Waals surface area contributed by atoms with Crippen LogP contribution in [-0.2, 0) is 28.5 Å². The minimum absolute atomic E-state index is 0.0966. The van der Waals surface area contributed by atoms with E-state index in [1.807, 2.05) is 0 Å². The Hall–Kier alpha value is -2.52. The van der Waals surface area contributed by atoms with Gasteiger partial charge in [-0.15, -0.1) is 0 Å². The van der Waals surface area contributed by atoms with Gasteiger partial charge in [0.05, 0.1) is 18.1 Å². The minimum atomic E-state index is -1.26. The largest absolute Gasteiger partial charge is 0.464 e. The van der Waals surface area contributed by atoms with Gasteiger partial charge >= 0.3 is 11.9 Å². The number of hydrogen-bond donors (Lipinski definition) is 0. The maximum absolute atomic E-state index is 12.0. The van der Waals surface area contributed by atoms with Crippen LogP contribution in [0, 0.1) is 10.1 Å². The fourth-order valence-electron chi connectivity index (χ4n) is 2.16. The highest BCUT2D eigenvalue weighted by Crippen LogP contribution is 2.33. The Morgan fingerprint density at radius 1 is 1.04 bits per heavy atom. The average molecular weight is 339 g/mol. The zero-order valence-corrected chi connectivity index (χ0v) is 13.2. The summed E-state index contributed by atoms with van der Waals surface area (Å²) >= 11 is 0. The Bertz CT molecular complexity index is 588. The van der Waals surface area contributed by atoms with Gasteiger partial charge in [-0.25, -0.2) is 9.59 Å². The molecule has 1 heterocycles. The van der Waals surface area contributed by atoms with Gasteiger partial charge in [0.2, 0.25) is 0 Å². The van der Waals surface area contributed by atoms with E-state index in [0.717, 1.165) is 0 Å². The molecule has 24 heavy (non-hydrogen) atoms. The first-order chi connectivity index (χ1) is 11.5. The van der Waals surface area contributed by atoms with Gasteiger partial charge < -0.3 is 18.9 Å². The van der Waals surface area contributed by atoms with Gasteiger partial charge in [-0.3, -0.25) is 10.1 Å². The SMILES string of the molecule is CCOC(=O)[C@@H]1OC(c2ccc([N+](=O)[O-])cc2)O[C@H]1C(=O)OCC. The second kappa shape index (κ2) is 7.84. The van der Waals surface area contributed by atoms with E-state index in [4.69, 9.17) is 18.9 Å². The third kappa shape index (κ3) is 3.87. The number of nitrogens with zero attached hydrogens (tertiary/aromatic N) is 1. The Morgan fingerprint density at radius 2 is 1.50 bits per heavy atom. The van der Waals surface area contributed by atoms with E-state index < -0.39 is 35.4 Å². The summed E-state index contributed by atoms with van der Waals surface area (Å²) < 4.78 is 20.7. The number of non-ortho nitro benzene ring substituents is 1.